The van der Waals surface area contributed by atoms with Crippen molar-refractivity contribution in [2.24, 2.45) is 0 Å². The van der Waals surface area contributed by atoms with Gasteiger partial charge in [0.25, 0.3) is 0 Å². The van der Waals surface area contributed by atoms with Gasteiger partial charge in [0, 0.05) is 25.2 Å². The topological polar surface area (TPSA) is 70.5 Å². The fourth-order valence-corrected chi connectivity index (χ4v) is 3.49. The fourth-order valence-electron chi connectivity index (χ4n) is 3.31. The highest BCUT2D eigenvalue weighted by atomic mass is 35.5. The summed E-state index contributed by atoms with van der Waals surface area (Å²) in [6, 6.07) is 3.73. The van der Waals surface area contributed by atoms with E-state index in [0.717, 1.165) is 17.8 Å². The molecule has 4 rings (SSSR count). The van der Waals surface area contributed by atoms with Crippen LogP contribution in [0.2, 0.25) is 5.02 Å². The van der Waals surface area contributed by atoms with Gasteiger partial charge >= 0.3 is 6.03 Å². The van der Waals surface area contributed by atoms with E-state index in [1.807, 2.05) is 4.68 Å². The lowest BCUT2D eigenvalue weighted by molar-refractivity contribution is -0.117. The lowest BCUT2D eigenvalue weighted by Gasteiger charge is -2.29. The standard InChI is InChI=1S/C17H17ClFN5O2/c18-12-8-11(3-4-13(12)19)21-17(26)22-6-7-24-15(10-22)14(9-20-24)23-5-1-2-16(23)25/h3-4,8-9H,1-2,5-7,10H2,(H,21,26). The van der Waals surface area contributed by atoms with Gasteiger partial charge in [-0.15, -0.1) is 0 Å². The number of anilines is 2. The Morgan fingerprint density at radius 2 is 2.12 bits per heavy atom. The zero-order valence-electron chi connectivity index (χ0n) is 13.9. The van der Waals surface area contributed by atoms with Gasteiger partial charge in [0.05, 0.1) is 35.7 Å². The summed E-state index contributed by atoms with van der Waals surface area (Å²) < 4.78 is 15.1. The third-order valence-electron chi connectivity index (χ3n) is 4.67. The van der Waals surface area contributed by atoms with E-state index in [1.165, 1.54) is 18.2 Å². The van der Waals surface area contributed by atoms with E-state index in [2.05, 4.69) is 10.4 Å². The Hall–Kier alpha value is -2.61. The first-order valence-electron chi connectivity index (χ1n) is 8.39. The summed E-state index contributed by atoms with van der Waals surface area (Å²) in [6.45, 7) is 2.06. The number of urea groups is 1. The van der Waals surface area contributed by atoms with E-state index < -0.39 is 5.82 Å². The molecule has 2 aliphatic rings. The number of carbonyl (C=O) groups excluding carboxylic acids is 2. The minimum atomic E-state index is -0.536. The lowest BCUT2D eigenvalue weighted by atomic mass is 10.2. The van der Waals surface area contributed by atoms with Crippen molar-refractivity contribution in [3.63, 3.8) is 0 Å². The summed E-state index contributed by atoms with van der Waals surface area (Å²) >= 11 is 5.75. The fraction of sp³-hybridized carbons (Fsp3) is 0.353. The number of hydrogen-bond acceptors (Lipinski definition) is 3. The minimum absolute atomic E-state index is 0.0469. The van der Waals surface area contributed by atoms with Gasteiger partial charge in [-0.3, -0.25) is 9.48 Å². The first-order chi connectivity index (χ1) is 12.5. The Morgan fingerprint density at radius 1 is 1.27 bits per heavy atom. The first-order valence-corrected chi connectivity index (χ1v) is 8.77. The van der Waals surface area contributed by atoms with E-state index in [-0.39, 0.29) is 17.0 Å². The molecule has 1 aromatic carbocycles. The van der Waals surface area contributed by atoms with Crippen LogP contribution in [0.3, 0.4) is 0 Å². The van der Waals surface area contributed by atoms with Crippen molar-refractivity contribution in [2.75, 3.05) is 23.3 Å². The average molecular weight is 378 g/mol. The summed E-state index contributed by atoms with van der Waals surface area (Å²) in [5.41, 5.74) is 2.05. The largest absolute Gasteiger partial charge is 0.322 e. The van der Waals surface area contributed by atoms with Crippen molar-refractivity contribution in [3.8, 4) is 0 Å². The second-order valence-corrected chi connectivity index (χ2v) is 6.74. The molecule has 3 amide bonds. The molecule has 0 aliphatic carbocycles. The molecule has 1 saturated heterocycles. The molecule has 26 heavy (non-hydrogen) atoms. The molecule has 0 unspecified atom stereocenters. The number of benzene rings is 1. The number of aromatic nitrogens is 2. The van der Waals surface area contributed by atoms with Crippen LogP contribution in [0.4, 0.5) is 20.6 Å². The highest BCUT2D eigenvalue weighted by molar-refractivity contribution is 6.31. The zero-order valence-corrected chi connectivity index (χ0v) is 14.7. The monoisotopic (exact) mass is 377 g/mol. The average Bonchev–Trinajstić information content (AvgIpc) is 3.23. The molecule has 7 nitrogen and oxygen atoms in total. The summed E-state index contributed by atoms with van der Waals surface area (Å²) in [5.74, 6) is -0.449. The molecule has 0 bridgehead atoms. The SMILES string of the molecule is O=C(Nc1ccc(F)c(Cl)c1)N1CCn2ncc(N3CCCC3=O)c2C1. The Labute approximate surface area is 154 Å². The highest BCUT2D eigenvalue weighted by Gasteiger charge is 2.30. The maximum absolute atomic E-state index is 13.2. The number of nitrogens with one attached hydrogen (secondary N) is 1. The van der Waals surface area contributed by atoms with Crippen LogP contribution in [-0.4, -0.2) is 39.7 Å². The molecule has 1 aromatic heterocycles. The Kier molecular flexibility index (Phi) is 4.28. The van der Waals surface area contributed by atoms with Crippen molar-refractivity contribution in [2.45, 2.75) is 25.9 Å². The zero-order chi connectivity index (χ0) is 18.3. The van der Waals surface area contributed by atoms with Crippen molar-refractivity contribution in [1.82, 2.24) is 14.7 Å². The van der Waals surface area contributed by atoms with E-state index in [4.69, 9.17) is 11.6 Å². The van der Waals surface area contributed by atoms with E-state index in [1.54, 1.807) is 16.0 Å². The van der Waals surface area contributed by atoms with Gasteiger partial charge in [-0.2, -0.15) is 5.10 Å². The number of halogens is 2. The van der Waals surface area contributed by atoms with Gasteiger partial charge in [0.2, 0.25) is 5.91 Å². The van der Waals surface area contributed by atoms with Crippen LogP contribution in [0.15, 0.2) is 24.4 Å². The quantitative estimate of drug-likeness (QED) is 0.874. The Bertz CT molecular complexity index is 884. The van der Waals surface area contributed by atoms with Crippen LogP contribution in [0.25, 0.3) is 0 Å². The predicted octanol–water partition coefficient (Wildman–Crippen LogP) is 2.85. The van der Waals surface area contributed by atoms with Crippen LogP contribution in [0, 0.1) is 5.82 Å². The van der Waals surface area contributed by atoms with Crippen molar-refractivity contribution < 1.29 is 14.0 Å². The molecule has 2 aromatic rings. The van der Waals surface area contributed by atoms with Crippen molar-refractivity contribution in [3.05, 3.63) is 40.9 Å². The molecular formula is C17H17ClFN5O2. The second-order valence-electron chi connectivity index (χ2n) is 6.33. The van der Waals surface area contributed by atoms with Crippen LogP contribution in [0.5, 0.6) is 0 Å². The highest BCUT2D eigenvalue weighted by Crippen LogP contribution is 2.28. The number of fused-ring (bicyclic) bond motifs is 1. The van der Waals surface area contributed by atoms with Crippen LogP contribution in [-0.2, 0) is 17.9 Å². The van der Waals surface area contributed by atoms with Crippen LogP contribution in [0.1, 0.15) is 18.5 Å². The van der Waals surface area contributed by atoms with Crippen LogP contribution >= 0.6 is 11.6 Å². The van der Waals surface area contributed by atoms with Crippen LogP contribution < -0.4 is 10.2 Å². The van der Waals surface area contributed by atoms with Crippen molar-refractivity contribution >= 4 is 34.9 Å². The molecule has 1 fully saturated rings. The number of amides is 3. The maximum atomic E-state index is 13.2. The molecular weight excluding hydrogens is 361 g/mol. The Morgan fingerprint density at radius 3 is 2.85 bits per heavy atom. The van der Waals surface area contributed by atoms with Gasteiger partial charge in [-0.05, 0) is 24.6 Å². The molecule has 1 N–H and O–H groups in total. The molecule has 0 radical (unpaired) electrons. The number of hydrogen-bond donors (Lipinski definition) is 1. The smallest absolute Gasteiger partial charge is 0.317 e. The molecule has 0 saturated carbocycles. The van der Waals surface area contributed by atoms with E-state index in [0.29, 0.717) is 38.3 Å². The maximum Gasteiger partial charge on any atom is 0.322 e. The van der Waals surface area contributed by atoms with E-state index >= 15 is 0 Å². The molecule has 2 aliphatic heterocycles. The van der Waals surface area contributed by atoms with Gasteiger partial charge < -0.3 is 15.1 Å². The summed E-state index contributed by atoms with van der Waals surface area (Å²) in [5, 5.41) is 7.02. The third-order valence-corrected chi connectivity index (χ3v) is 4.96. The number of nitrogens with zero attached hydrogens (tertiary/aromatic N) is 4. The number of carbonyl (C=O) groups is 2. The third kappa shape index (κ3) is 3.01. The van der Waals surface area contributed by atoms with Gasteiger partial charge in [-0.25, -0.2) is 9.18 Å². The van der Waals surface area contributed by atoms with Gasteiger partial charge in [0.1, 0.15) is 5.82 Å². The van der Waals surface area contributed by atoms with Crippen molar-refractivity contribution in [1.29, 1.82) is 0 Å². The lowest BCUT2D eigenvalue weighted by Crippen LogP contribution is -2.41. The molecule has 3 heterocycles. The molecule has 0 spiro atoms. The normalized spacial score (nSPS) is 16.8. The molecule has 9 heteroatoms. The first kappa shape index (κ1) is 16.8. The second kappa shape index (κ2) is 6.60. The summed E-state index contributed by atoms with van der Waals surface area (Å²) in [4.78, 5) is 28.0. The minimum Gasteiger partial charge on any atom is -0.317 e. The summed E-state index contributed by atoms with van der Waals surface area (Å²) in [7, 11) is 0. The molecule has 0 atom stereocenters. The van der Waals surface area contributed by atoms with E-state index in [9.17, 15) is 14.0 Å². The Balaban J connectivity index is 1.50. The van der Waals surface area contributed by atoms with Gasteiger partial charge in [0.15, 0.2) is 0 Å². The molecule has 136 valence electrons. The predicted molar refractivity (Wildman–Crippen MR) is 94.7 cm³/mol. The summed E-state index contributed by atoms with van der Waals surface area (Å²) in [6.07, 6.45) is 3.07. The van der Waals surface area contributed by atoms with Gasteiger partial charge in [-0.1, -0.05) is 11.6 Å². The number of rotatable bonds is 2.